The van der Waals surface area contributed by atoms with E-state index >= 15 is 0 Å². The standard InChI is InChI=1S/C18H19ClFN/c19-18-11-15(20)6-7-17(18)16-8-9-21-12-14(16)10-13-4-2-1-3-5-13/h1-7,11,14,16,21H,8-10,12H2. The highest BCUT2D eigenvalue weighted by molar-refractivity contribution is 6.31. The maximum Gasteiger partial charge on any atom is 0.124 e. The van der Waals surface area contributed by atoms with E-state index in [1.165, 1.54) is 17.7 Å². The van der Waals surface area contributed by atoms with Gasteiger partial charge in [0.1, 0.15) is 5.82 Å². The molecule has 2 unspecified atom stereocenters. The molecule has 0 radical (unpaired) electrons. The molecule has 2 atom stereocenters. The van der Waals surface area contributed by atoms with E-state index in [1.807, 2.05) is 12.1 Å². The molecule has 1 aliphatic rings. The number of hydrogen-bond donors (Lipinski definition) is 1. The molecule has 1 nitrogen and oxygen atoms in total. The van der Waals surface area contributed by atoms with Crippen molar-refractivity contribution in [3.05, 3.63) is 70.5 Å². The van der Waals surface area contributed by atoms with Crippen molar-refractivity contribution in [3.8, 4) is 0 Å². The molecule has 0 aliphatic carbocycles. The van der Waals surface area contributed by atoms with E-state index in [9.17, 15) is 4.39 Å². The molecule has 21 heavy (non-hydrogen) atoms. The van der Waals surface area contributed by atoms with Crippen molar-refractivity contribution in [2.45, 2.75) is 18.8 Å². The first-order valence-electron chi connectivity index (χ1n) is 7.43. The lowest BCUT2D eigenvalue weighted by atomic mass is 9.78. The fourth-order valence-corrected chi connectivity index (χ4v) is 3.57. The Hall–Kier alpha value is -1.38. The number of hydrogen-bond acceptors (Lipinski definition) is 1. The zero-order chi connectivity index (χ0) is 14.7. The molecule has 1 N–H and O–H groups in total. The summed E-state index contributed by atoms with van der Waals surface area (Å²) in [6, 6.07) is 15.3. The van der Waals surface area contributed by atoms with Gasteiger partial charge in [-0.2, -0.15) is 0 Å². The Bertz CT molecular complexity index is 599. The van der Waals surface area contributed by atoms with E-state index in [0.717, 1.165) is 31.5 Å². The Labute approximate surface area is 130 Å². The van der Waals surface area contributed by atoms with Crippen LogP contribution in [-0.4, -0.2) is 13.1 Å². The Kier molecular flexibility index (Phi) is 4.57. The van der Waals surface area contributed by atoms with Crippen molar-refractivity contribution in [1.29, 1.82) is 0 Å². The molecular weight excluding hydrogens is 285 g/mol. The lowest BCUT2D eigenvalue weighted by Crippen LogP contribution is -2.36. The van der Waals surface area contributed by atoms with Crippen LogP contribution in [0.15, 0.2) is 48.5 Å². The maximum absolute atomic E-state index is 13.3. The van der Waals surface area contributed by atoms with Crippen LogP contribution in [0.2, 0.25) is 5.02 Å². The molecule has 1 aliphatic heterocycles. The van der Waals surface area contributed by atoms with Gasteiger partial charge < -0.3 is 5.32 Å². The molecule has 0 amide bonds. The van der Waals surface area contributed by atoms with Gasteiger partial charge in [-0.05, 0) is 61.0 Å². The minimum Gasteiger partial charge on any atom is -0.316 e. The van der Waals surface area contributed by atoms with Crippen molar-refractivity contribution < 1.29 is 4.39 Å². The van der Waals surface area contributed by atoms with Gasteiger partial charge in [0.2, 0.25) is 0 Å². The molecule has 0 spiro atoms. The predicted molar refractivity (Wildman–Crippen MR) is 85.3 cm³/mol. The van der Waals surface area contributed by atoms with E-state index in [1.54, 1.807) is 0 Å². The second-order valence-corrected chi connectivity index (χ2v) is 6.12. The van der Waals surface area contributed by atoms with Gasteiger partial charge in [0.15, 0.2) is 0 Å². The van der Waals surface area contributed by atoms with Crippen molar-refractivity contribution in [1.82, 2.24) is 5.32 Å². The Balaban J connectivity index is 1.84. The van der Waals surface area contributed by atoms with Crippen LogP contribution in [0.25, 0.3) is 0 Å². The molecule has 1 fully saturated rings. The van der Waals surface area contributed by atoms with Gasteiger partial charge >= 0.3 is 0 Å². The van der Waals surface area contributed by atoms with Crippen LogP contribution in [0, 0.1) is 11.7 Å². The van der Waals surface area contributed by atoms with Gasteiger partial charge in [-0.3, -0.25) is 0 Å². The molecular formula is C18H19ClFN. The molecule has 3 heteroatoms. The molecule has 0 bridgehead atoms. The van der Waals surface area contributed by atoms with Crippen LogP contribution in [-0.2, 0) is 6.42 Å². The number of benzene rings is 2. The average Bonchev–Trinajstić information content (AvgIpc) is 2.49. The van der Waals surface area contributed by atoms with Crippen LogP contribution in [0.5, 0.6) is 0 Å². The lowest BCUT2D eigenvalue weighted by Gasteiger charge is -2.33. The molecule has 0 aromatic heterocycles. The summed E-state index contributed by atoms with van der Waals surface area (Å²) in [5, 5.41) is 4.02. The quantitative estimate of drug-likeness (QED) is 0.885. The lowest BCUT2D eigenvalue weighted by molar-refractivity contribution is 0.324. The van der Waals surface area contributed by atoms with E-state index < -0.39 is 0 Å². The predicted octanol–water partition coefficient (Wildman–Crippen LogP) is 4.41. The van der Waals surface area contributed by atoms with Gasteiger partial charge in [0.05, 0.1) is 0 Å². The van der Waals surface area contributed by atoms with Crippen LogP contribution in [0.1, 0.15) is 23.5 Å². The van der Waals surface area contributed by atoms with Gasteiger partial charge in [0, 0.05) is 5.02 Å². The fraction of sp³-hybridized carbons (Fsp3) is 0.333. The SMILES string of the molecule is Fc1ccc(C2CCNCC2Cc2ccccc2)c(Cl)c1. The number of nitrogens with one attached hydrogen (secondary N) is 1. The van der Waals surface area contributed by atoms with Crippen LogP contribution >= 0.6 is 11.6 Å². The average molecular weight is 304 g/mol. The molecule has 3 rings (SSSR count). The number of halogens is 2. The third kappa shape index (κ3) is 3.45. The third-order valence-electron chi connectivity index (χ3n) is 4.31. The number of rotatable bonds is 3. The van der Waals surface area contributed by atoms with Crippen LogP contribution in [0.4, 0.5) is 4.39 Å². The Morgan fingerprint density at radius 2 is 1.95 bits per heavy atom. The smallest absolute Gasteiger partial charge is 0.124 e. The second kappa shape index (κ2) is 6.59. The monoisotopic (exact) mass is 303 g/mol. The zero-order valence-electron chi connectivity index (χ0n) is 11.9. The summed E-state index contributed by atoms with van der Waals surface area (Å²) in [7, 11) is 0. The molecule has 2 aromatic rings. The van der Waals surface area contributed by atoms with E-state index in [2.05, 4.69) is 29.6 Å². The maximum atomic E-state index is 13.3. The highest BCUT2D eigenvalue weighted by atomic mass is 35.5. The zero-order valence-corrected chi connectivity index (χ0v) is 12.6. The van der Waals surface area contributed by atoms with Gasteiger partial charge in [-0.1, -0.05) is 48.0 Å². The highest BCUT2D eigenvalue weighted by Gasteiger charge is 2.28. The van der Waals surface area contributed by atoms with Crippen LogP contribution < -0.4 is 5.32 Å². The minimum absolute atomic E-state index is 0.266. The molecule has 1 heterocycles. The van der Waals surface area contributed by atoms with Crippen molar-refractivity contribution in [2.24, 2.45) is 5.92 Å². The molecule has 110 valence electrons. The van der Waals surface area contributed by atoms with Gasteiger partial charge in [-0.25, -0.2) is 4.39 Å². The molecule has 1 saturated heterocycles. The minimum atomic E-state index is -0.266. The largest absolute Gasteiger partial charge is 0.316 e. The highest BCUT2D eigenvalue weighted by Crippen LogP contribution is 2.36. The van der Waals surface area contributed by atoms with Crippen molar-refractivity contribution in [2.75, 3.05) is 13.1 Å². The summed E-state index contributed by atoms with van der Waals surface area (Å²) in [5.41, 5.74) is 2.43. The van der Waals surface area contributed by atoms with Crippen molar-refractivity contribution in [3.63, 3.8) is 0 Å². The van der Waals surface area contributed by atoms with E-state index in [-0.39, 0.29) is 5.82 Å². The summed E-state index contributed by atoms with van der Waals surface area (Å²) in [4.78, 5) is 0. The topological polar surface area (TPSA) is 12.0 Å². The van der Waals surface area contributed by atoms with Gasteiger partial charge in [0.25, 0.3) is 0 Å². The van der Waals surface area contributed by atoms with E-state index in [0.29, 0.717) is 16.9 Å². The number of piperidine rings is 1. The van der Waals surface area contributed by atoms with Crippen molar-refractivity contribution >= 4 is 11.6 Å². The normalized spacial score (nSPS) is 22.2. The first kappa shape index (κ1) is 14.6. The molecule has 2 aromatic carbocycles. The summed E-state index contributed by atoms with van der Waals surface area (Å²) in [6.45, 7) is 1.97. The fourth-order valence-electron chi connectivity index (χ4n) is 3.27. The second-order valence-electron chi connectivity index (χ2n) is 5.71. The summed E-state index contributed by atoms with van der Waals surface area (Å²) < 4.78 is 13.3. The van der Waals surface area contributed by atoms with Gasteiger partial charge in [-0.15, -0.1) is 0 Å². The van der Waals surface area contributed by atoms with E-state index in [4.69, 9.17) is 11.6 Å². The molecule has 0 saturated carbocycles. The third-order valence-corrected chi connectivity index (χ3v) is 4.64. The first-order valence-corrected chi connectivity index (χ1v) is 7.81. The summed E-state index contributed by atoms with van der Waals surface area (Å²) in [6.07, 6.45) is 2.06. The Morgan fingerprint density at radius 1 is 1.14 bits per heavy atom. The van der Waals surface area contributed by atoms with Crippen LogP contribution in [0.3, 0.4) is 0 Å². The summed E-state index contributed by atoms with van der Waals surface area (Å²) >= 11 is 6.27. The first-order chi connectivity index (χ1) is 10.2. The summed E-state index contributed by atoms with van der Waals surface area (Å²) in [5.74, 6) is 0.612. The Morgan fingerprint density at radius 3 is 2.71 bits per heavy atom.